The predicted molar refractivity (Wildman–Crippen MR) is 64.1 cm³/mol. The van der Waals surface area contributed by atoms with Gasteiger partial charge in [-0.3, -0.25) is 0 Å². The Morgan fingerprint density at radius 2 is 1.87 bits per heavy atom. The molecule has 1 aromatic rings. The molecule has 0 heterocycles. The first-order valence-corrected chi connectivity index (χ1v) is 5.35. The lowest BCUT2D eigenvalue weighted by Gasteiger charge is -2.11. The minimum absolute atomic E-state index is 0.289. The molecule has 0 aliphatic carbocycles. The second-order valence-electron chi connectivity index (χ2n) is 4.05. The molecule has 0 bridgehead atoms. The molecule has 4 N–H and O–H groups in total. The van der Waals surface area contributed by atoms with Crippen molar-refractivity contribution in [3.63, 3.8) is 0 Å². The molecule has 84 valence electrons. The van der Waals surface area contributed by atoms with Gasteiger partial charge in [0, 0.05) is 18.8 Å². The van der Waals surface area contributed by atoms with Gasteiger partial charge in [-0.25, -0.2) is 0 Å². The topological polar surface area (TPSA) is 58.3 Å². The van der Waals surface area contributed by atoms with E-state index in [1.54, 1.807) is 0 Å². The SMILES string of the molecule is CC(C)c1ccc(NCC(O)CN)cc1. The first kappa shape index (κ1) is 12.0. The number of aliphatic hydroxyl groups is 1. The van der Waals surface area contributed by atoms with Crippen LogP contribution in [0.3, 0.4) is 0 Å². The van der Waals surface area contributed by atoms with Gasteiger partial charge in [0.25, 0.3) is 0 Å². The van der Waals surface area contributed by atoms with E-state index < -0.39 is 6.10 Å². The summed E-state index contributed by atoms with van der Waals surface area (Å²) in [6.07, 6.45) is -0.477. The zero-order valence-corrected chi connectivity index (χ0v) is 9.40. The first-order valence-electron chi connectivity index (χ1n) is 5.35. The molecule has 1 unspecified atom stereocenters. The van der Waals surface area contributed by atoms with Crippen molar-refractivity contribution in [1.29, 1.82) is 0 Å². The number of nitrogens with one attached hydrogen (secondary N) is 1. The quantitative estimate of drug-likeness (QED) is 0.688. The summed E-state index contributed by atoms with van der Waals surface area (Å²) in [7, 11) is 0. The van der Waals surface area contributed by atoms with Crippen LogP contribution in [-0.2, 0) is 0 Å². The highest BCUT2D eigenvalue weighted by Crippen LogP contribution is 2.16. The summed E-state index contributed by atoms with van der Waals surface area (Å²) in [4.78, 5) is 0. The number of anilines is 1. The molecular formula is C12H20N2O. The van der Waals surface area contributed by atoms with Crippen LogP contribution in [0.4, 0.5) is 5.69 Å². The fraction of sp³-hybridized carbons (Fsp3) is 0.500. The fourth-order valence-electron chi connectivity index (χ4n) is 1.30. The summed E-state index contributed by atoms with van der Waals surface area (Å²) >= 11 is 0. The lowest BCUT2D eigenvalue weighted by molar-refractivity contribution is 0.196. The van der Waals surface area contributed by atoms with Gasteiger partial charge in [0.15, 0.2) is 0 Å². The third-order valence-corrected chi connectivity index (χ3v) is 2.39. The summed E-state index contributed by atoms with van der Waals surface area (Å²) in [5, 5.41) is 12.4. The average Bonchev–Trinajstić information content (AvgIpc) is 2.26. The van der Waals surface area contributed by atoms with Crippen molar-refractivity contribution in [1.82, 2.24) is 0 Å². The van der Waals surface area contributed by atoms with E-state index in [0.717, 1.165) is 5.69 Å². The van der Waals surface area contributed by atoms with Crippen LogP contribution < -0.4 is 11.1 Å². The maximum absolute atomic E-state index is 9.27. The zero-order valence-electron chi connectivity index (χ0n) is 9.40. The maximum Gasteiger partial charge on any atom is 0.0834 e. The summed E-state index contributed by atoms with van der Waals surface area (Å²) < 4.78 is 0. The second-order valence-corrected chi connectivity index (χ2v) is 4.05. The van der Waals surface area contributed by atoms with Gasteiger partial charge in [-0.15, -0.1) is 0 Å². The van der Waals surface area contributed by atoms with E-state index in [1.807, 2.05) is 12.1 Å². The van der Waals surface area contributed by atoms with Gasteiger partial charge in [-0.05, 0) is 23.6 Å². The van der Waals surface area contributed by atoms with E-state index in [0.29, 0.717) is 12.5 Å². The largest absolute Gasteiger partial charge is 0.390 e. The molecule has 0 saturated carbocycles. The maximum atomic E-state index is 9.27. The van der Waals surface area contributed by atoms with Gasteiger partial charge in [0.2, 0.25) is 0 Å². The molecule has 15 heavy (non-hydrogen) atoms. The molecular weight excluding hydrogens is 188 g/mol. The Bertz CT molecular complexity index is 282. The van der Waals surface area contributed by atoms with Crippen LogP contribution in [0.2, 0.25) is 0 Å². The first-order chi connectivity index (χ1) is 7.13. The Balaban J connectivity index is 2.50. The van der Waals surface area contributed by atoms with E-state index in [2.05, 4.69) is 31.3 Å². The minimum Gasteiger partial charge on any atom is -0.390 e. The van der Waals surface area contributed by atoms with E-state index in [-0.39, 0.29) is 6.54 Å². The minimum atomic E-state index is -0.477. The molecule has 0 fully saturated rings. The van der Waals surface area contributed by atoms with Gasteiger partial charge in [-0.2, -0.15) is 0 Å². The Hall–Kier alpha value is -1.06. The van der Waals surface area contributed by atoms with Crippen molar-refractivity contribution in [2.45, 2.75) is 25.9 Å². The normalized spacial score (nSPS) is 12.9. The molecule has 0 saturated heterocycles. The number of hydrogen-bond acceptors (Lipinski definition) is 3. The van der Waals surface area contributed by atoms with Crippen LogP contribution in [-0.4, -0.2) is 24.3 Å². The van der Waals surface area contributed by atoms with Crippen LogP contribution in [0.25, 0.3) is 0 Å². The van der Waals surface area contributed by atoms with Gasteiger partial charge >= 0.3 is 0 Å². The highest BCUT2D eigenvalue weighted by atomic mass is 16.3. The molecule has 3 nitrogen and oxygen atoms in total. The van der Waals surface area contributed by atoms with E-state index in [1.165, 1.54) is 5.56 Å². The van der Waals surface area contributed by atoms with Gasteiger partial charge in [0.1, 0.15) is 0 Å². The number of rotatable bonds is 5. The molecule has 0 amide bonds. The zero-order chi connectivity index (χ0) is 11.3. The summed E-state index contributed by atoms with van der Waals surface area (Å²) in [6.45, 7) is 5.12. The van der Waals surface area contributed by atoms with E-state index in [4.69, 9.17) is 5.73 Å². The van der Waals surface area contributed by atoms with Gasteiger partial charge in [0.05, 0.1) is 6.10 Å². The third kappa shape index (κ3) is 3.90. The number of aliphatic hydroxyl groups excluding tert-OH is 1. The van der Waals surface area contributed by atoms with Crippen LogP contribution in [0.1, 0.15) is 25.3 Å². The van der Waals surface area contributed by atoms with Crippen molar-refractivity contribution in [2.75, 3.05) is 18.4 Å². The van der Waals surface area contributed by atoms with E-state index >= 15 is 0 Å². The molecule has 0 aliphatic heterocycles. The van der Waals surface area contributed by atoms with Crippen molar-refractivity contribution in [3.05, 3.63) is 29.8 Å². The lowest BCUT2D eigenvalue weighted by atomic mass is 10.0. The summed E-state index contributed by atoms with van der Waals surface area (Å²) in [5.41, 5.74) is 7.65. The average molecular weight is 208 g/mol. The van der Waals surface area contributed by atoms with Gasteiger partial charge in [-0.1, -0.05) is 26.0 Å². The van der Waals surface area contributed by atoms with E-state index in [9.17, 15) is 5.11 Å². The molecule has 0 spiro atoms. The molecule has 0 aliphatic rings. The highest BCUT2D eigenvalue weighted by Gasteiger charge is 2.01. The van der Waals surface area contributed by atoms with Crippen LogP contribution in [0.5, 0.6) is 0 Å². The van der Waals surface area contributed by atoms with Crippen LogP contribution in [0, 0.1) is 0 Å². The third-order valence-electron chi connectivity index (χ3n) is 2.39. The highest BCUT2D eigenvalue weighted by molar-refractivity contribution is 5.45. The smallest absolute Gasteiger partial charge is 0.0834 e. The summed E-state index contributed by atoms with van der Waals surface area (Å²) in [6, 6.07) is 8.25. The molecule has 3 heteroatoms. The standard InChI is InChI=1S/C12H20N2O/c1-9(2)10-3-5-11(6-4-10)14-8-12(15)7-13/h3-6,9,12,14-15H,7-8,13H2,1-2H3. The lowest BCUT2D eigenvalue weighted by Crippen LogP contribution is -2.27. The summed E-state index contributed by atoms with van der Waals surface area (Å²) in [5.74, 6) is 0.550. The Morgan fingerprint density at radius 1 is 1.27 bits per heavy atom. The predicted octanol–water partition coefficient (Wildman–Crippen LogP) is 1.54. The molecule has 1 aromatic carbocycles. The van der Waals surface area contributed by atoms with Crippen molar-refractivity contribution < 1.29 is 5.11 Å². The van der Waals surface area contributed by atoms with Crippen molar-refractivity contribution in [2.24, 2.45) is 5.73 Å². The molecule has 1 atom stereocenters. The van der Waals surface area contributed by atoms with Crippen LogP contribution >= 0.6 is 0 Å². The number of benzene rings is 1. The molecule has 0 radical (unpaired) electrons. The Labute approximate surface area is 91.3 Å². The number of nitrogens with two attached hydrogens (primary N) is 1. The Kier molecular flexibility index (Phi) is 4.59. The second kappa shape index (κ2) is 5.73. The number of hydrogen-bond donors (Lipinski definition) is 3. The van der Waals surface area contributed by atoms with Gasteiger partial charge < -0.3 is 16.2 Å². The Morgan fingerprint density at radius 3 is 2.33 bits per heavy atom. The van der Waals surface area contributed by atoms with Crippen molar-refractivity contribution in [3.8, 4) is 0 Å². The van der Waals surface area contributed by atoms with Crippen LogP contribution in [0.15, 0.2) is 24.3 Å². The molecule has 0 aromatic heterocycles. The monoisotopic (exact) mass is 208 g/mol. The van der Waals surface area contributed by atoms with Crippen molar-refractivity contribution >= 4 is 5.69 Å². The molecule has 1 rings (SSSR count). The fourth-order valence-corrected chi connectivity index (χ4v) is 1.30.